The first-order chi connectivity index (χ1) is 13.3. The third-order valence-electron chi connectivity index (χ3n) is 4.66. The molecule has 1 heterocycles. The average Bonchev–Trinajstić information content (AvgIpc) is 3.09. The summed E-state index contributed by atoms with van der Waals surface area (Å²) in [6.45, 7) is 9.56. The Morgan fingerprint density at radius 3 is 1.83 bits per heavy atom. The normalized spacial score (nSPS) is 20.3. The van der Waals surface area contributed by atoms with Crippen molar-refractivity contribution in [3.8, 4) is 0 Å². The first-order valence-corrected chi connectivity index (χ1v) is 10.0. The Hall–Kier alpha value is -0.860. The van der Waals surface area contributed by atoms with Crippen LogP contribution in [-0.2, 0) is 28.5 Å². The van der Waals surface area contributed by atoms with Crippen molar-refractivity contribution in [3.05, 3.63) is 0 Å². The molecule has 0 aromatic rings. The van der Waals surface area contributed by atoms with Gasteiger partial charge in [0.05, 0.1) is 25.9 Å². The second-order valence-electron chi connectivity index (χ2n) is 6.97. The summed E-state index contributed by atoms with van der Waals surface area (Å²) in [6, 6.07) is 0. The largest absolute Gasteiger partial charge is 0.396 e. The maximum atomic E-state index is 9.81. The minimum atomic E-state index is 0. The molecular formula is C23H50O7. The molecule has 7 nitrogen and oxygen atoms in total. The molecule has 0 aliphatic carbocycles. The molecule has 0 aromatic heterocycles. The summed E-state index contributed by atoms with van der Waals surface area (Å²) in [4.78, 5) is 19.6. The number of carbonyl (C=O) groups excluding carboxylic acids is 2. The molecule has 1 saturated heterocycles. The Labute approximate surface area is 185 Å². The molecule has 0 bridgehead atoms. The topological polar surface area (TPSA) is 91.3 Å². The highest BCUT2D eigenvalue weighted by Crippen LogP contribution is 2.33. The summed E-state index contributed by atoms with van der Waals surface area (Å²) in [6.07, 6.45) is 2.31. The minimum Gasteiger partial charge on any atom is -0.396 e. The first kappa shape index (κ1) is 36.5. The third-order valence-corrected chi connectivity index (χ3v) is 4.66. The molecule has 30 heavy (non-hydrogen) atoms. The minimum absolute atomic E-state index is 0. The molecule has 0 aromatic carbocycles. The summed E-state index contributed by atoms with van der Waals surface area (Å²) in [5.74, 6) is 1.19. The molecular weight excluding hydrogens is 388 g/mol. The fourth-order valence-electron chi connectivity index (χ4n) is 2.67. The van der Waals surface area contributed by atoms with Crippen molar-refractivity contribution in [2.45, 2.75) is 67.9 Å². The lowest BCUT2D eigenvalue weighted by Crippen LogP contribution is -2.35. The second-order valence-corrected chi connectivity index (χ2v) is 6.97. The van der Waals surface area contributed by atoms with Crippen molar-refractivity contribution in [2.24, 2.45) is 17.8 Å². The smallest absolute Gasteiger partial charge is 0.129 e. The van der Waals surface area contributed by atoms with Crippen LogP contribution in [-0.4, -0.2) is 77.1 Å². The van der Waals surface area contributed by atoms with Crippen LogP contribution >= 0.6 is 0 Å². The zero-order valence-electron chi connectivity index (χ0n) is 18.9. The number of aliphatic hydroxyl groups excluding tert-OH is 1. The van der Waals surface area contributed by atoms with Crippen molar-refractivity contribution in [2.75, 3.05) is 54.4 Å². The molecule has 1 fully saturated rings. The van der Waals surface area contributed by atoms with E-state index in [4.69, 9.17) is 18.9 Å². The first-order valence-electron chi connectivity index (χ1n) is 10.0. The van der Waals surface area contributed by atoms with Crippen LogP contribution < -0.4 is 0 Å². The molecule has 1 aliphatic rings. The molecule has 1 N–H and O–H groups in total. The van der Waals surface area contributed by atoms with E-state index in [-0.39, 0.29) is 56.9 Å². The summed E-state index contributed by atoms with van der Waals surface area (Å²) in [5, 5.41) is 9.38. The number of Topliss-reactive ketones (excluding diaryl/α,β-unsaturated/α-hetero) is 2. The van der Waals surface area contributed by atoms with Gasteiger partial charge in [0, 0.05) is 65.1 Å². The van der Waals surface area contributed by atoms with Crippen LogP contribution in [0.15, 0.2) is 0 Å². The molecule has 0 radical (unpaired) electrons. The zero-order valence-corrected chi connectivity index (χ0v) is 18.9. The number of rotatable bonds is 11. The highest BCUT2D eigenvalue weighted by molar-refractivity contribution is 5.75. The Bertz CT molecular complexity index is 374. The lowest BCUT2D eigenvalue weighted by Gasteiger charge is -2.28. The molecule has 1 aliphatic heterocycles. The predicted octanol–water partition coefficient (Wildman–Crippen LogP) is 3.80. The van der Waals surface area contributed by atoms with Gasteiger partial charge < -0.3 is 33.6 Å². The summed E-state index contributed by atoms with van der Waals surface area (Å²) in [5.41, 5.74) is 0. The number of hydrogen-bond acceptors (Lipinski definition) is 7. The standard InChI is InChI=1S/C13H26O5.2C4H8O.2CH4/c1-15-5-4-10(7-16-2)13-12(9-17-3)11(6-14)8-18-13;2*1-3-4(2)5;;/h10-14H,4-9H2,1-3H3;2*3H2,1-2H3;2*1H4. The summed E-state index contributed by atoms with van der Waals surface area (Å²) in [7, 11) is 5.08. The average molecular weight is 439 g/mol. The Morgan fingerprint density at radius 1 is 1.00 bits per heavy atom. The van der Waals surface area contributed by atoms with Crippen LogP contribution in [0.3, 0.4) is 0 Å². The van der Waals surface area contributed by atoms with Gasteiger partial charge in [-0.05, 0) is 20.3 Å². The van der Waals surface area contributed by atoms with Gasteiger partial charge >= 0.3 is 0 Å². The zero-order chi connectivity index (χ0) is 21.9. The molecule has 1 rings (SSSR count). The number of aliphatic hydroxyl groups is 1. The van der Waals surface area contributed by atoms with Crippen molar-refractivity contribution < 1.29 is 33.6 Å². The van der Waals surface area contributed by atoms with Crippen LogP contribution in [0, 0.1) is 17.8 Å². The van der Waals surface area contributed by atoms with E-state index in [0.717, 1.165) is 6.42 Å². The van der Waals surface area contributed by atoms with Gasteiger partial charge in [0.2, 0.25) is 0 Å². The van der Waals surface area contributed by atoms with Crippen molar-refractivity contribution in [1.82, 2.24) is 0 Å². The second kappa shape index (κ2) is 24.4. The van der Waals surface area contributed by atoms with E-state index in [1.807, 2.05) is 13.8 Å². The van der Waals surface area contributed by atoms with Gasteiger partial charge in [0.15, 0.2) is 0 Å². The van der Waals surface area contributed by atoms with Crippen LogP contribution in [0.5, 0.6) is 0 Å². The third kappa shape index (κ3) is 18.0. The monoisotopic (exact) mass is 438 g/mol. The van der Waals surface area contributed by atoms with E-state index in [0.29, 0.717) is 39.3 Å². The van der Waals surface area contributed by atoms with Crippen molar-refractivity contribution >= 4 is 11.6 Å². The highest BCUT2D eigenvalue weighted by atomic mass is 16.5. The maximum Gasteiger partial charge on any atom is 0.129 e. The summed E-state index contributed by atoms with van der Waals surface area (Å²) >= 11 is 0. The number of hydrogen-bond donors (Lipinski definition) is 1. The van der Waals surface area contributed by atoms with Gasteiger partial charge in [0.1, 0.15) is 11.6 Å². The Morgan fingerprint density at radius 2 is 1.50 bits per heavy atom. The number of carbonyl (C=O) groups is 2. The molecule has 7 heteroatoms. The predicted molar refractivity (Wildman–Crippen MR) is 123 cm³/mol. The SMILES string of the molecule is C.C.CCC(C)=O.CCC(C)=O.COCCC(COC)C1OCC(CO)C1COC. The lowest BCUT2D eigenvalue weighted by molar-refractivity contribution is -0.117. The van der Waals surface area contributed by atoms with E-state index in [2.05, 4.69) is 0 Å². The molecule has 4 atom stereocenters. The van der Waals surface area contributed by atoms with E-state index in [1.165, 1.54) is 0 Å². The number of ether oxygens (including phenoxy) is 4. The fourth-order valence-corrected chi connectivity index (χ4v) is 2.67. The van der Waals surface area contributed by atoms with E-state index in [9.17, 15) is 14.7 Å². The molecule has 4 unspecified atom stereocenters. The van der Waals surface area contributed by atoms with Crippen molar-refractivity contribution in [3.63, 3.8) is 0 Å². The van der Waals surface area contributed by atoms with Gasteiger partial charge in [0.25, 0.3) is 0 Å². The molecule has 0 spiro atoms. The van der Waals surface area contributed by atoms with Crippen molar-refractivity contribution in [1.29, 1.82) is 0 Å². The van der Waals surface area contributed by atoms with Gasteiger partial charge in [-0.3, -0.25) is 0 Å². The maximum absolute atomic E-state index is 9.81. The summed E-state index contributed by atoms with van der Waals surface area (Å²) < 4.78 is 21.5. The van der Waals surface area contributed by atoms with Gasteiger partial charge in [-0.1, -0.05) is 28.7 Å². The number of ketones is 2. The van der Waals surface area contributed by atoms with Gasteiger partial charge in [-0.15, -0.1) is 0 Å². The van der Waals surface area contributed by atoms with Gasteiger partial charge in [-0.2, -0.15) is 0 Å². The van der Waals surface area contributed by atoms with Crippen LogP contribution in [0.1, 0.15) is 61.8 Å². The van der Waals surface area contributed by atoms with Crippen LogP contribution in [0.25, 0.3) is 0 Å². The Balaban J connectivity index is -0.000000237. The van der Waals surface area contributed by atoms with Gasteiger partial charge in [-0.25, -0.2) is 0 Å². The quantitative estimate of drug-likeness (QED) is 0.524. The van der Waals surface area contributed by atoms with E-state index in [1.54, 1.807) is 35.2 Å². The lowest BCUT2D eigenvalue weighted by atomic mass is 9.84. The van der Waals surface area contributed by atoms with Crippen LogP contribution in [0.4, 0.5) is 0 Å². The highest BCUT2D eigenvalue weighted by Gasteiger charge is 2.40. The van der Waals surface area contributed by atoms with E-state index >= 15 is 0 Å². The number of methoxy groups -OCH3 is 3. The molecule has 0 amide bonds. The molecule has 0 saturated carbocycles. The van der Waals surface area contributed by atoms with Crippen LogP contribution in [0.2, 0.25) is 0 Å². The van der Waals surface area contributed by atoms with E-state index < -0.39 is 0 Å². The fraction of sp³-hybridized carbons (Fsp3) is 0.913. The molecule has 184 valence electrons. The Kier molecular flexibility index (Phi) is 29.7.